The van der Waals surface area contributed by atoms with Gasteiger partial charge in [-0.15, -0.1) is 0 Å². The molecule has 0 aliphatic heterocycles. The molecule has 0 aliphatic rings. The fourth-order valence-corrected chi connectivity index (χ4v) is 2.04. The summed E-state index contributed by atoms with van der Waals surface area (Å²) in [7, 11) is 0. The molecule has 1 aromatic rings. The Morgan fingerprint density at radius 3 is 2.25 bits per heavy atom. The maximum Gasteiger partial charge on any atom is 0.326 e. The van der Waals surface area contributed by atoms with Crippen LogP contribution in [0.2, 0.25) is 0 Å². The first kappa shape index (κ1) is 16.2. The standard InChI is InChI=1S/C14H23N3O3/c1-8(2)11(13(19)20)16-12(18)10-7-15-17(9(10)3)14(4,5)6/h7-8,11H,1-6H3,(H,16,18)(H,19,20). The Morgan fingerprint density at radius 2 is 1.90 bits per heavy atom. The van der Waals surface area contributed by atoms with Crippen molar-refractivity contribution < 1.29 is 14.7 Å². The van der Waals surface area contributed by atoms with Crippen LogP contribution >= 0.6 is 0 Å². The molecule has 1 amide bonds. The van der Waals surface area contributed by atoms with Crippen molar-refractivity contribution in [3.8, 4) is 0 Å². The van der Waals surface area contributed by atoms with E-state index in [1.54, 1.807) is 25.5 Å². The minimum absolute atomic E-state index is 0.186. The van der Waals surface area contributed by atoms with Crippen LogP contribution in [-0.2, 0) is 10.3 Å². The fourth-order valence-electron chi connectivity index (χ4n) is 2.04. The van der Waals surface area contributed by atoms with E-state index in [1.165, 1.54) is 6.20 Å². The van der Waals surface area contributed by atoms with Crippen LogP contribution in [0.15, 0.2) is 6.20 Å². The van der Waals surface area contributed by atoms with E-state index in [4.69, 9.17) is 5.11 Å². The fraction of sp³-hybridized carbons (Fsp3) is 0.643. The molecule has 20 heavy (non-hydrogen) atoms. The third-order valence-corrected chi connectivity index (χ3v) is 3.11. The van der Waals surface area contributed by atoms with Gasteiger partial charge in [-0.2, -0.15) is 5.10 Å². The molecule has 0 bridgehead atoms. The maximum atomic E-state index is 12.2. The topological polar surface area (TPSA) is 84.2 Å². The van der Waals surface area contributed by atoms with Crippen molar-refractivity contribution in [3.05, 3.63) is 17.5 Å². The molecule has 6 heteroatoms. The van der Waals surface area contributed by atoms with Crippen LogP contribution in [0.25, 0.3) is 0 Å². The second-order valence-corrected chi connectivity index (χ2v) is 6.26. The largest absolute Gasteiger partial charge is 0.480 e. The van der Waals surface area contributed by atoms with Crippen molar-refractivity contribution in [1.82, 2.24) is 15.1 Å². The molecule has 1 heterocycles. The first-order chi connectivity index (χ1) is 9.05. The highest BCUT2D eigenvalue weighted by Crippen LogP contribution is 2.18. The van der Waals surface area contributed by atoms with Gasteiger partial charge in [0.15, 0.2) is 0 Å². The molecule has 2 N–H and O–H groups in total. The smallest absolute Gasteiger partial charge is 0.326 e. The van der Waals surface area contributed by atoms with Gasteiger partial charge in [-0.1, -0.05) is 13.8 Å². The van der Waals surface area contributed by atoms with Crippen LogP contribution in [0.1, 0.15) is 50.7 Å². The van der Waals surface area contributed by atoms with Crippen molar-refractivity contribution in [2.75, 3.05) is 0 Å². The molecule has 0 saturated heterocycles. The second kappa shape index (κ2) is 5.64. The lowest BCUT2D eigenvalue weighted by Crippen LogP contribution is -2.44. The summed E-state index contributed by atoms with van der Waals surface area (Å²) in [6.07, 6.45) is 1.48. The van der Waals surface area contributed by atoms with Gasteiger partial charge in [0.1, 0.15) is 6.04 Å². The lowest BCUT2D eigenvalue weighted by molar-refractivity contribution is -0.140. The summed E-state index contributed by atoms with van der Waals surface area (Å²) in [6, 6.07) is -0.903. The van der Waals surface area contributed by atoms with Crippen LogP contribution in [-0.4, -0.2) is 32.8 Å². The van der Waals surface area contributed by atoms with E-state index in [0.29, 0.717) is 5.56 Å². The number of nitrogens with one attached hydrogen (secondary N) is 1. The van der Waals surface area contributed by atoms with E-state index in [9.17, 15) is 9.59 Å². The van der Waals surface area contributed by atoms with Crippen LogP contribution in [0.5, 0.6) is 0 Å². The Kier molecular flexibility index (Phi) is 4.57. The molecule has 1 rings (SSSR count). The third kappa shape index (κ3) is 3.37. The summed E-state index contributed by atoms with van der Waals surface area (Å²) in [5, 5.41) is 15.9. The van der Waals surface area contributed by atoms with Crippen molar-refractivity contribution in [1.29, 1.82) is 0 Å². The normalized spacial score (nSPS) is 13.3. The number of aromatic nitrogens is 2. The van der Waals surface area contributed by atoms with Crippen molar-refractivity contribution in [2.45, 2.75) is 53.1 Å². The summed E-state index contributed by atoms with van der Waals surface area (Å²) < 4.78 is 1.76. The first-order valence-corrected chi connectivity index (χ1v) is 6.64. The van der Waals surface area contributed by atoms with E-state index in [1.807, 2.05) is 20.8 Å². The predicted molar refractivity (Wildman–Crippen MR) is 75.7 cm³/mol. The molecule has 0 fully saturated rings. The number of carboxylic acids is 1. The Morgan fingerprint density at radius 1 is 1.35 bits per heavy atom. The van der Waals surface area contributed by atoms with Gasteiger partial charge in [-0.05, 0) is 33.6 Å². The number of carboxylic acid groups (broad SMARTS) is 1. The van der Waals surface area contributed by atoms with Crippen molar-refractivity contribution in [2.24, 2.45) is 5.92 Å². The maximum absolute atomic E-state index is 12.2. The van der Waals surface area contributed by atoms with Gasteiger partial charge in [0.2, 0.25) is 0 Å². The zero-order chi connectivity index (χ0) is 15.7. The van der Waals surface area contributed by atoms with E-state index in [-0.39, 0.29) is 11.5 Å². The van der Waals surface area contributed by atoms with Gasteiger partial charge in [-0.3, -0.25) is 9.48 Å². The Bertz CT molecular complexity index is 512. The highest BCUT2D eigenvalue weighted by atomic mass is 16.4. The zero-order valence-corrected chi connectivity index (χ0v) is 12.9. The molecule has 6 nitrogen and oxygen atoms in total. The Labute approximate surface area is 119 Å². The van der Waals surface area contributed by atoms with Crippen molar-refractivity contribution >= 4 is 11.9 Å². The van der Waals surface area contributed by atoms with Crippen LogP contribution in [0, 0.1) is 12.8 Å². The van der Waals surface area contributed by atoms with E-state index < -0.39 is 17.9 Å². The minimum atomic E-state index is -1.03. The number of carbonyl (C=O) groups is 2. The van der Waals surface area contributed by atoms with Crippen LogP contribution < -0.4 is 5.32 Å². The van der Waals surface area contributed by atoms with Crippen molar-refractivity contribution in [3.63, 3.8) is 0 Å². The summed E-state index contributed by atoms with van der Waals surface area (Å²) in [5.74, 6) is -1.62. The number of rotatable bonds is 4. The Balaban J connectivity index is 3.00. The quantitative estimate of drug-likeness (QED) is 0.881. The van der Waals surface area contributed by atoms with E-state index in [2.05, 4.69) is 10.4 Å². The lowest BCUT2D eigenvalue weighted by atomic mass is 10.0. The van der Waals surface area contributed by atoms with Gasteiger partial charge in [0.05, 0.1) is 17.3 Å². The molecule has 0 aromatic carbocycles. The monoisotopic (exact) mass is 281 g/mol. The van der Waals surface area contributed by atoms with Gasteiger partial charge in [-0.25, -0.2) is 4.79 Å². The van der Waals surface area contributed by atoms with E-state index >= 15 is 0 Å². The molecule has 1 aromatic heterocycles. The molecule has 0 spiro atoms. The predicted octanol–water partition coefficient (Wildman–Crippen LogP) is 1.79. The van der Waals surface area contributed by atoms with Gasteiger partial charge in [0.25, 0.3) is 5.91 Å². The van der Waals surface area contributed by atoms with Crippen LogP contribution in [0.3, 0.4) is 0 Å². The van der Waals surface area contributed by atoms with E-state index in [0.717, 1.165) is 5.69 Å². The van der Waals surface area contributed by atoms with Gasteiger partial charge < -0.3 is 10.4 Å². The molecule has 1 unspecified atom stereocenters. The molecule has 0 radical (unpaired) electrons. The zero-order valence-electron chi connectivity index (χ0n) is 12.9. The molecular weight excluding hydrogens is 258 g/mol. The number of nitrogens with zero attached hydrogens (tertiary/aromatic N) is 2. The second-order valence-electron chi connectivity index (χ2n) is 6.26. The first-order valence-electron chi connectivity index (χ1n) is 6.64. The summed E-state index contributed by atoms with van der Waals surface area (Å²) in [5.41, 5.74) is 0.905. The third-order valence-electron chi connectivity index (χ3n) is 3.11. The Hall–Kier alpha value is -1.85. The highest BCUT2D eigenvalue weighted by Gasteiger charge is 2.27. The molecule has 1 atom stereocenters. The van der Waals surface area contributed by atoms with Gasteiger partial charge >= 0.3 is 5.97 Å². The number of hydrogen-bond donors (Lipinski definition) is 2. The lowest BCUT2D eigenvalue weighted by Gasteiger charge is -2.22. The summed E-state index contributed by atoms with van der Waals surface area (Å²) in [4.78, 5) is 23.3. The van der Waals surface area contributed by atoms with Gasteiger partial charge in [0, 0.05) is 5.69 Å². The minimum Gasteiger partial charge on any atom is -0.480 e. The summed E-state index contributed by atoms with van der Waals surface area (Å²) >= 11 is 0. The molecule has 0 aliphatic carbocycles. The average Bonchev–Trinajstić information content (AvgIpc) is 2.66. The SMILES string of the molecule is Cc1c(C(=O)NC(C(=O)O)C(C)C)cnn1C(C)(C)C. The number of amides is 1. The van der Waals surface area contributed by atoms with Crippen LogP contribution in [0.4, 0.5) is 0 Å². The molecular formula is C14H23N3O3. The highest BCUT2D eigenvalue weighted by molar-refractivity contribution is 5.97. The number of hydrogen-bond acceptors (Lipinski definition) is 3. The molecule has 112 valence electrons. The summed E-state index contributed by atoms with van der Waals surface area (Å²) in [6.45, 7) is 11.3. The average molecular weight is 281 g/mol. The number of aliphatic carboxylic acids is 1. The number of carbonyl (C=O) groups excluding carboxylic acids is 1. The molecule has 0 saturated carbocycles.